The van der Waals surface area contributed by atoms with Gasteiger partial charge in [-0.3, -0.25) is 4.79 Å². The number of esters is 1. The van der Waals surface area contributed by atoms with Gasteiger partial charge in [-0.2, -0.15) is 0 Å². The van der Waals surface area contributed by atoms with E-state index in [4.69, 9.17) is 9.88 Å². The summed E-state index contributed by atoms with van der Waals surface area (Å²) < 4.78 is 28.6. The third-order valence-corrected chi connectivity index (χ3v) is 6.12. The maximum absolute atomic E-state index is 12.6. The normalized spacial score (nSPS) is 14.5. The zero-order chi connectivity index (χ0) is 19.8. The third-order valence-electron chi connectivity index (χ3n) is 4.52. The van der Waals surface area contributed by atoms with Gasteiger partial charge < -0.3 is 4.74 Å². The molecule has 1 unspecified atom stereocenters. The second kappa shape index (κ2) is 7.53. The monoisotopic (exact) mass is 451 g/mol. The Morgan fingerprint density at radius 2 is 1.81 bits per heavy atom. The average Bonchev–Trinajstić information content (AvgIpc) is 3.07. The molecular weight excluding hydrogens is 434 g/mol. The summed E-state index contributed by atoms with van der Waals surface area (Å²) in [5.74, 6) is -1.12. The molecule has 2 aromatic rings. The fraction of sp³-hybridized carbons (Fsp3) is 0.263. The van der Waals surface area contributed by atoms with Crippen molar-refractivity contribution >= 4 is 37.7 Å². The third kappa shape index (κ3) is 4.28. The summed E-state index contributed by atoms with van der Waals surface area (Å²) in [6.07, 6.45) is 2.02. The van der Waals surface area contributed by atoms with Crippen LogP contribution in [-0.2, 0) is 27.6 Å². The fourth-order valence-electron chi connectivity index (χ4n) is 3.08. The summed E-state index contributed by atoms with van der Waals surface area (Å²) in [5.41, 5.74) is 2.88. The molecule has 1 aliphatic rings. The highest BCUT2D eigenvalue weighted by Gasteiger charge is 2.24. The number of hydrogen-bond acceptors (Lipinski definition) is 5. The molecule has 27 heavy (non-hydrogen) atoms. The highest BCUT2D eigenvalue weighted by Crippen LogP contribution is 2.25. The quantitative estimate of drug-likeness (QED) is 0.555. The Labute approximate surface area is 165 Å². The van der Waals surface area contributed by atoms with Gasteiger partial charge in [0.2, 0.25) is 15.8 Å². The van der Waals surface area contributed by atoms with Gasteiger partial charge in [-0.1, -0.05) is 12.1 Å². The molecule has 2 aromatic carbocycles. The number of rotatable bonds is 5. The zero-order valence-electron chi connectivity index (χ0n) is 14.6. The van der Waals surface area contributed by atoms with Gasteiger partial charge in [0.25, 0.3) is 0 Å². The van der Waals surface area contributed by atoms with Crippen molar-refractivity contribution in [3.8, 4) is 0 Å². The number of primary sulfonamides is 1. The van der Waals surface area contributed by atoms with Crippen molar-refractivity contribution in [2.75, 3.05) is 0 Å². The van der Waals surface area contributed by atoms with E-state index < -0.39 is 22.1 Å². The van der Waals surface area contributed by atoms with Gasteiger partial charge in [0.05, 0.1) is 10.5 Å². The predicted octanol–water partition coefficient (Wildman–Crippen LogP) is 3.01. The number of carbonyl (C=O) groups is 2. The summed E-state index contributed by atoms with van der Waals surface area (Å²) in [4.78, 5) is 24.8. The minimum atomic E-state index is -3.96. The molecule has 0 heterocycles. The maximum Gasteiger partial charge on any atom is 0.340 e. The summed E-state index contributed by atoms with van der Waals surface area (Å²) in [6, 6.07) is 9.32. The minimum absolute atomic E-state index is 0.0184. The topological polar surface area (TPSA) is 104 Å². The highest BCUT2D eigenvalue weighted by molar-refractivity contribution is 9.10. The Kier molecular flexibility index (Phi) is 5.50. The average molecular weight is 452 g/mol. The first kappa shape index (κ1) is 19.7. The van der Waals surface area contributed by atoms with E-state index in [9.17, 15) is 18.0 Å². The lowest BCUT2D eigenvalue weighted by Gasteiger charge is -2.14. The molecule has 0 spiro atoms. The van der Waals surface area contributed by atoms with Crippen molar-refractivity contribution in [2.24, 2.45) is 5.14 Å². The number of ketones is 1. The Bertz CT molecular complexity index is 1030. The minimum Gasteiger partial charge on any atom is -0.451 e. The SMILES string of the molecule is CC(OC(=O)c1cc(S(N)(=O)=O)ccc1Br)C(=O)c1ccc2c(c1)CCC2. The number of nitrogens with two attached hydrogens (primary N) is 1. The molecule has 0 saturated carbocycles. The van der Waals surface area contributed by atoms with Gasteiger partial charge in [0, 0.05) is 10.0 Å². The second-order valence-electron chi connectivity index (χ2n) is 6.44. The number of ether oxygens (including phenoxy) is 1. The number of hydrogen-bond donors (Lipinski definition) is 1. The van der Waals surface area contributed by atoms with Crippen LogP contribution in [0.3, 0.4) is 0 Å². The Morgan fingerprint density at radius 3 is 2.52 bits per heavy atom. The van der Waals surface area contributed by atoms with Crippen LogP contribution in [0.25, 0.3) is 0 Å². The van der Waals surface area contributed by atoms with E-state index in [0.29, 0.717) is 10.0 Å². The fourth-order valence-corrected chi connectivity index (χ4v) is 4.02. The van der Waals surface area contributed by atoms with E-state index in [1.807, 2.05) is 12.1 Å². The van der Waals surface area contributed by atoms with Crippen LogP contribution < -0.4 is 5.14 Å². The Balaban J connectivity index is 1.78. The van der Waals surface area contributed by atoms with Crippen LogP contribution in [0.2, 0.25) is 0 Å². The van der Waals surface area contributed by atoms with Gasteiger partial charge in [-0.15, -0.1) is 0 Å². The van der Waals surface area contributed by atoms with E-state index in [1.54, 1.807) is 6.07 Å². The van der Waals surface area contributed by atoms with E-state index >= 15 is 0 Å². The van der Waals surface area contributed by atoms with E-state index in [-0.39, 0.29) is 16.2 Å². The van der Waals surface area contributed by atoms with Crippen LogP contribution in [0.5, 0.6) is 0 Å². The summed E-state index contributed by atoms with van der Waals surface area (Å²) in [6.45, 7) is 1.49. The molecule has 0 aliphatic heterocycles. The van der Waals surface area contributed by atoms with Gasteiger partial charge in [-0.05, 0) is 77.5 Å². The van der Waals surface area contributed by atoms with Gasteiger partial charge in [0.1, 0.15) is 0 Å². The van der Waals surface area contributed by atoms with Gasteiger partial charge >= 0.3 is 5.97 Å². The van der Waals surface area contributed by atoms with Crippen LogP contribution in [0, 0.1) is 0 Å². The van der Waals surface area contributed by atoms with E-state index in [1.165, 1.54) is 24.6 Å². The van der Waals surface area contributed by atoms with Crippen molar-refractivity contribution in [1.29, 1.82) is 0 Å². The molecule has 8 heteroatoms. The number of sulfonamides is 1. The zero-order valence-corrected chi connectivity index (χ0v) is 17.0. The summed E-state index contributed by atoms with van der Waals surface area (Å²) in [5, 5.41) is 5.10. The van der Waals surface area contributed by atoms with Gasteiger partial charge in [0.15, 0.2) is 6.10 Å². The van der Waals surface area contributed by atoms with E-state index in [2.05, 4.69) is 15.9 Å². The molecule has 0 radical (unpaired) electrons. The first-order valence-corrected chi connectivity index (χ1v) is 10.7. The molecule has 3 rings (SSSR count). The van der Waals surface area contributed by atoms with Crippen molar-refractivity contribution in [2.45, 2.75) is 37.2 Å². The first-order valence-electron chi connectivity index (χ1n) is 8.36. The summed E-state index contributed by atoms with van der Waals surface area (Å²) >= 11 is 3.18. The molecule has 6 nitrogen and oxygen atoms in total. The lowest BCUT2D eigenvalue weighted by molar-refractivity contribution is 0.0317. The molecule has 1 atom stereocenters. The number of carbonyl (C=O) groups excluding carboxylic acids is 2. The Hall–Kier alpha value is -2.03. The number of fused-ring (bicyclic) bond motifs is 1. The van der Waals surface area contributed by atoms with Crippen molar-refractivity contribution in [1.82, 2.24) is 0 Å². The van der Waals surface area contributed by atoms with Gasteiger partial charge in [-0.25, -0.2) is 18.4 Å². The summed E-state index contributed by atoms with van der Waals surface area (Å²) in [7, 11) is -3.96. The molecule has 0 bridgehead atoms. The van der Waals surface area contributed by atoms with E-state index in [0.717, 1.165) is 30.9 Å². The number of aryl methyl sites for hydroxylation is 2. The van der Waals surface area contributed by atoms with Crippen LogP contribution in [-0.4, -0.2) is 26.3 Å². The maximum atomic E-state index is 12.6. The molecule has 1 aliphatic carbocycles. The number of benzene rings is 2. The first-order chi connectivity index (χ1) is 12.7. The molecular formula is C19H18BrNO5S. The van der Waals surface area contributed by atoms with Crippen molar-refractivity contribution in [3.05, 3.63) is 63.1 Å². The van der Waals surface area contributed by atoms with Crippen molar-refractivity contribution < 1.29 is 22.7 Å². The smallest absolute Gasteiger partial charge is 0.340 e. The van der Waals surface area contributed by atoms with Crippen LogP contribution >= 0.6 is 15.9 Å². The number of Topliss-reactive ketones (excluding diaryl/α,β-unsaturated/α-hetero) is 1. The lowest BCUT2D eigenvalue weighted by atomic mass is 10.0. The molecule has 0 amide bonds. The van der Waals surface area contributed by atoms with Crippen LogP contribution in [0.15, 0.2) is 45.8 Å². The largest absolute Gasteiger partial charge is 0.451 e. The van der Waals surface area contributed by atoms with Crippen LogP contribution in [0.1, 0.15) is 45.2 Å². The standard InChI is InChI=1S/C19H18BrNO5S/c1-11(18(22)14-6-5-12-3-2-4-13(12)9-14)26-19(23)16-10-15(27(21,24)25)7-8-17(16)20/h5-11H,2-4H2,1H3,(H2,21,24,25). The second-order valence-corrected chi connectivity index (χ2v) is 8.85. The predicted molar refractivity (Wildman–Crippen MR) is 103 cm³/mol. The van der Waals surface area contributed by atoms with Crippen molar-refractivity contribution in [3.63, 3.8) is 0 Å². The number of halogens is 1. The molecule has 142 valence electrons. The lowest BCUT2D eigenvalue weighted by Crippen LogP contribution is -2.25. The van der Waals surface area contributed by atoms with Crippen LogP contribution in [0.4, 0.5) is 0 Å². The Morgan fingerprint density at radius 1 is 1.11 bits per heavy atom. The molecule has 0 aromatic heterocycles. The molecule has 0 saturated heterocycles. The molecule has 2 N–H and O–H groups in total. The highest BCUT2D eigenvalue weighted by atomic mass is 79.9. The molecule has 0 fully saturated rings.